The van der Waals surface area contributed by atoms with Gasteiger partial charge in [-0.05, 0) is 92.2 Å². The zero-order valence-electron chi connectivity index (χ0n) is 19.5. The molecule has 2 aliphatic rings. The van der Waals surface area contributed by atoms with Gasteiger partial charge in [-0.2, -0.15) is 4.31 Å². The van der Waals surface area contributed by atoms with Crippen LogP contribution in [-0.4, -0.2) is 38.0 Å². The van der Waals surface area contributed by atoms with Crippen molar-refractivity contribution in [2.24, 2.45) is 5.92 Å². The van der Waals surface area contributed by atoms with Gasteiger partial charge in [-0.25, -0.2) is 8.42 Å². The highest BCUT2D eigenvalue weighted by Crippen LogP contribution is 2.28. The second-order valence-corrected chi connectivity index (χ2v) is 11.9. The zero-order valence-corrected chi connectivity index (χ0v) is 21.2. The van der Waals surface area contributed by atoms with Gasteiger partial charge >= 0.3 is 0 Å². The molecule has 1 unspecified atom stereocenters. The van der Waals surface area contributed by atoms with Crippen molar-refractivity contribution < 1.29 is 13.2 Å². The average molecular weight is 487 g/mol. The number of piperidine rings is 1. The average Bonchev–Trinajstić information content (AvgIpc) is 2.87. The molecule has 0 spiro atoms. The lowest BCUT2D eigenvalue weighted by molar-refractivity contribution is -0.126. The van der Waals surface area contributed by atoms with Crippen LogP contribution in [0.25, 0.3) is 0 Å². The van der Waals surface area contributed by atoms with E-state index in [0.29, 0.717) is 30.8 Å². The van der Waals surface area contributed by atoms with Crippen LogP contribution in [0.2, 0.25) is 0 Å². The highest BCUT2D eigenvalue weighted by molar-refractivity contribution is 7.98. The second kappa shape index (κ2) is 10.6. The van der Waals surface area contributed by atoms with Crippen LogP contribution >= 0.6 is 11.8 Å². The van der Waals surface area contributed by atoms with Crippen LogP contribution in [0.4, 0.5) is 0 Å². The third-order valence-corrected chi connectivity index (χ3v) is 9.68. The summed E-state index contributed by atoms with van der Waals surface area (Å²) in [7, 11) is -3.52. The smallest absolute Gasteiger partial charge is 0.243 e. The van der Waals surface area contributed by atoms with E-state index in [4.69, 9.17) is 0 Å². The zero-order chi connectivity index (χ0) is 23.4. The number of carbonyl (C=O) groups excluding carboxylic acids is 1. The van der Waals surface area contributed by atoms with E-state index in [-0.39, 0.29) is 17.9 Å². The van der Waals surface area contributed by atoms with Gasteiger partial charge in [0, 0.05) is 23.9 Å². The Morgan fingerprint density at radius 3 is 2.36 bits per heavy atom. The van der Waals surface area contributed by atoms with E-state index in [0.717, 1.165) is 24.2 Å². The summed E-state index contributed by atoms with van der Waals surface area (Å²) < 4.78 is 27.5. The summed E-state index contributed by atoms with van der Waals surface area (Å²) in [5.74, 6) is -0.108. The molecule has 1 aliphatic heterocycles. The summed E-state index contributed by atoms with van der Waals surface area (Å²) in [6, 6.07) is 13.7. The Hall–Kier alpha value is -1.83. The van der Waals surface area contributed by atoms with Crippen LogP contribution in [0.5, 0.6) is 0 Å². The van der Waals surface area contributed by atoms with Gasteiger partial charge in [-0.3, -0.25) is 4.79 Å². The first kappa shape index (κ1) is 24.3. The van der Waals surface area contributed by atoms with Gasteiger partial charge in [0.1, 0.15) is 0 Å². The van der Waals surface area contributed by atoms with Gasteiger partial charge < -0.3 is 5.32 Å². The lowest BCUT2D eigenvalue weighted by atomic mass is 9.88. The maximum Gasteiger partial charge on any atom is 0.243 e. The Balaban J connectivity index is 1.36. The topological polar surface area (TPSA) is 66.5 Å². The number of sulfonamides is 1. The highest BCUT2D eigenvalue weighted by atomic mass is 32.2. The van der Waals surface area contributed by atoms with Crippen molar-refractivity contribution in [3.05, 3.63) is 59.2 Å². The molecule has 7 heteroatoms. The third kappa shape index (κ3) is 5.47. The number of amides is 1. The minimum absolute atomic E-state index is 0.00133. The fourth-order valence-corrected chi connectivity index (χ4v) is 6.81. The second-order valence-electron chi connectivity index (χ2n) is 9.06. The molecule has 0 radical (unpaired) electrons. The van der Waals surface area contributed by atoms with Crippen molar-refractivity contribution in [1.29, 1.82) is 0 Å². The van der Waals surface area contributed by atoms with E-state index in [9.17, 15) is 13.2 Å². The minimum atomic E-state index is -3.52. The summed E-state index contributed by atoms with van der Waals surface area (Å²) in [4.78, 5) is 14.4. The highest BCUT2D eigenvalue weighted by Gasteiger charge is 2.32. The van der Waals surface area contributed by atoms with Crippen molar-refractivity contribution in [3.8, 4) is 0 Å². The van der Waals surface area contributed by atoms with Gasteiger partial charge in [0.2, 0.25) is 15.9 Å². The molecule has 1 N–H and O–H groups in total. The summed E-state index contributed by atoms with van der Waals surface area (Å²) in [6.07, 6.45) is 8.68. The van der Waals surface area contributed by atoms with E-state index in [2.05, 4.69) is 30.4 Å². The summed E-state index contributed by atoms with van der Waals surface area (Å²) in [5.41, 5.74) is 4.05. The molecule has 2 aromatic carbocycles. The van der Waals surface area contributed by atoms with E-state index in [1.54, 1.807) is 23.9 Å². The summed E-state index contributed by atoms with van der Waals surface area (Å²) in [5, 5.41) is 3.25. The van der Waals surface area contributed by atoms with E-state index in [1.165, 1.54) is 33.8 Å². The Morgan fingerprint density at radius 1 is 1.06 bits per heavy atom. The minimum Gasteiger partial charge on any atom is -0.349 e. The number of hydrogen-bond donors (Lipinski definition) is 1. The fraction of sp³-hybridized carbons (Fsp3) is 0.500. The SMILES string of the molecule is CCC(NC(=O)C1CCN(S(=O)(=O)c2ccc(SC)cc2)CC1)c1ccc2c(c1)CCCC2. The predicted octanol–water partition coefficient (Wildman–Crippen LogP) is 4.96. The first-order valence-electron chi connectivity index (χ1n) is 12.0. The molecule has 0 aromatic heterocycles. The maximum atomic E-state index is 13.0. The first-order chi connectivity index (χ1) is 15.9. The van der Waals surface area contributed by atoms with E-state index >= 15 is 0 Å². The van der Waals surface area contributed by atoms with Crippen LogP contribution in [0.15, 0.2) is 52.3 Å². The molecule has 0 bridgehead atoms. The van der Waals surface area contributed by atoms with Gasteiger partial charge in [0.15, 0.2) is 0 Å². The molecule has 33 heavy (non-hydrogen) atoms. The number of thioether (sulfide) groups is 1. The van der Waals surface area contributed by atoms with Crippen LogP contribution in [0.3, 0.4) is 0 Å². The molecule has 178 valence electrons. The van der Waals surface area contributed by atoms with Crippen molar-refractivity contribution >= 4 is 27.7 Å². The lowest BCUT2D eigenvalue weighted by Crippen LogP contribution is -2.43. The van der Waals surface area contributed by atoms with Crippen LogP contribution in [-0.2, 0) is 27.7 Å². The molecular weight excluding hydrogens is 452 g/mol. The van der Waals surface area contributed by atoms with Gasteiger partial charge in [-0.1, -0.05) is 25.1 Å². The molecule has 1 heterocycles. The van der Waals surface area contributed by atoms with Gasteiger partial charge in [0.25, 0.3) is 0 Å². The number of aryl methyl sites for hydroxylation is 2. The molecular formula is C26H34N2O3S2. The number of carbonyl (C=O) groups is 1. The summed E-state index contributed by atoms with van der Waals surface area (Å²) >= 11 is 1.59. The van der Waals surface area contributed by atoms with Gasteiger partial charge in [0.05, 0.1) is 10.9 Å². The van der Waals surface area contributed by atoms with Gasteiger partial charge in [-0.15, -0.1) is 11.8 Å². The lowest BCUT2D eigenvalue weighted by Gasteiger charge is -2.31. The van der Waals surface area contributed by atoms with E-state index < -0.39 is 10.0 Å². The Morgan fingerprint density at radius 2 is 1.73 bits per heavy atom. The summed E-state index contributed by atoms with van der Waals surface area (Å²) in [6.45, 7) is 2.85. The van der Waals surface area contributed by atoms with Crippen molar-refractivity contribution in [1.82, 2.24) is 9.62 Å². The molecule has 1 atom stereocenters. The Bertz CT molecular complexity index is 1080. The molecule has 1 amide bonds. The Kier molecular flexibility index (Phi) is 7.82. The number of hydrogen-bond acceptors (Lipinski definition) is 4. The third-order valence-electron chi connectivity index (χ3n) is 7.02. The fourth-order valence-electron chi connectivity index (χ4n) is 4.94. The quantitative estimate of drug-likeness (QED) is 0.562. The van der Waals surface area contributed by atoms with Crippen LogP contribution in [0.1, 0.15) is 61.8 Å². The molecule has 1 aliphatic carbocycles. The Labute approximate surface area is 202 Å². The molecule has 2 aromatic rings. The number of nitrogens with one attached hydrogen (secondary N) is 1. The van der Waals surface area contributed by atoms with Crippen molar-refractivity contribution in [2.45, 2.75) is 67.7 Å². The standard InChI is InChI=1S/C26H34N2O3S2/c1-3-25(22-9-8-19-6-4-5-7-21(19)18-22)27-26(29)20-14-16-28(17-15-20)33(30,31)24-12-10-23(32-2)11-13-24/h8-13,18,20,25H,3-7,14-17H2,1-2H3,(H,27,29). The molecule has 0 saturated carbocycles. The normalized spacial score (nSPS) is 18.5. The molecule has 1 fully saturated rings. The van der Waals surface area contributed by atoms with Crippen molar-refractivity contribution in [3.63, 3.8) is 0 Å². The van der Waals surface area contributed by atoms with Crippen LogP contribution < -0.4 is 5.32 Å². The monoisotopic (exact) mass is 486 g/mol. The number of fused-ring (bicyclic) bond motifs is 1. The number of nitrogens with zero attached hydrogens (tertiary/aromatic N) is 1. The molecule has 1 saturated heterocycles. The maximum absolute atomic E-state index is 13.0. The number of rotatable bonds is 7. The van der Waals surface area contributed by atoms with Crippen LogP contribution in [0, 0.1) is 5.92 Å². The first-order valence-corrected chi connectivity index (χ1v) is 14.6. The number of benzene rings is 2. The van der Waals surface area contributed by atoms with Crippen molar-refractivity contribution in [2.75, 3.05) is 19.3 Å². The molecule has 5 nitrogen and oxygen atoms in total. The molecule has 4 rings (SSSR count). The largest absolute Gasteiger partial charge is 0.349 e. The predicted molar refractivity (Wildman–Crippen MR) is 134 cm³/mol. The van der Waals surface area contributed by atoms with E-state index in [1.807, 2.05) is 18.4 Å².